The number of carbonyl (C=O) groups is 1. The van der Waals surface area contributed by atoms with Crippen molar-refractivity contribution in [1.29, 1.82) is 0 Å². The van der Waals surface area contributed by atoms with E-state index >= 15 is 0 Å². The number of nitro groups is 1. The van der Waals surface area contributed by atoms with E-state index in [2.05, 4.69) is 10.2 Å². The van der Waals surface area contributed by atoms with E-state index in [0.717, 1.165) is 16.8 Å². The molecule has 0 saturated carbocycles. The van der Waals surface area contributed by atoms with Crippen LogP contribution in [-0.2, 0) is 0 Å². The molecule has 0 aliphatic rings. The number of halogens is 1. The Hall–Kier alpha value is -3.49. The Morgan fingerprint density at radius 1 is 1.06 bits per heavy atom. The molecule has 3 aromatic carbocycles. The second-order valence-corrected chi connectivity index (χ2v) is 8.38. The summed E-state index contributed by atoms with van der Waals surface area (Å²) >= 11 is 7.27. The van der Waals surface area contributed by atoms with E-state index in [1.807, 2.05) is 47.9 Å². The van der Waals surface area contributed by atoms with Crippen LogP contribution in [0.15, 0.2) is 78.0 Å². The maximum atomic E-state index is 12.7. The third-order valence-electron chi connectivity index (χ3n) is 4.74. The second kappa shape index (κ2) is 9.33. The molecule has 7 nitrogen and oxygen atoms in total. The Bertz CT molecular complexity index is 1290. The van der Waals surface area contributed by atoms with Crippen LogP contribution in [0.2, 0.25) is 5.02 Å². The average Bonchev–Trinajstić information content (AvgIpc) is 3.22. The molecule has 9 heteroatoms. The van der Waals surface area contributed by atoms with Gasteiger partial charge in [0.15, 0.2) is 16.8 Å². The summed E-state index contributed by atoms with van der Waals surface area (Å²) in [5.74, 6) is 0.458. The molecule has 0 radical (unpaired) electrons. The van der Waals surface area contributed by atoms with E-state index in [-0.39, 0.29) is 22.8 Å². The number of hydrogen-bond acceptors (Lipinski definition) is 6. The van der Waals surface area contributed by atoms with E-state index in [0.29, 0.717) is 16.0 Å². The second-order valence-electron chi connectivity index (χ2n) is 7.00. The number of ketones is 1. The highest BCUT2D eigenvalue weighted by molar-refractivity contribution is 7.99. The van der Waals surface area contributed by atoms with E-state index in [1.54, 1.807) is 18.2 Å². The maximum absolute atomic E-state index is 12.7. The first kappa shape index (κ1) is 21.7. The maximum Gasteiger partial charge on any atom is 0.270 e. The van der Waals surface area contributed by atoms with Crippen molar-refractivity contribution >= 4 is 34.8 Å². The monoisotopic (exact) mass is 464 g/mol. The first-order valence-corrected chi connectivity index (χ1v) is 11.0. The van der Waals surface area contributed by atoms with E-state index in [1.165, 1.54) is 30.0 Å². The van der Waals surface area contributed by atoms with Crippen LogP contribution in [-0.4, -0.2) is 31.2 Å². The van der Waals surface area contributed by atoms with Gasteiger partial charge in [-0.1, -0.05) is 65.3 Å². The fraction of sp³-hybridized carbons (Fsp3) is 0.0870. The molecular formula is C23H17ClN4O3S. The highest BCUT2D eigenvalue weighted by Gasteiger charge is 2.18. The normalized spacial score (nSPS) is 10.8. The number of thioether (sulfide) groups is 1. The van der Waals surface area contributed by atoms with Crippen LogP contribution in [0, 0.1) is 17.0 Å². The van der Waals surface area contributed by atoms with Gasteiger partial charge in [-0.15, -0.1) is 10.2 Å². The summed E-state index contributed by atoms with van der Waals surface area (Å²) in [5, 5.41) is 20.8. The number of aromatic nitrogens is 3. The summed E-state index contributed by atoms with van der Waals surface area (Å²) in [5.41, 5.74) is 2.98. The fourth-order valence-electron chi connectivity index (χ4n) is 3.08. The van der Waals surface area contributed by atoms with Gasteiger partial charge in [-0.3, -0.25) is 19.5 Å². The molecule has 0 amide bonds. The summed E-state index contributed by atoms with van der Waals surface area (Å²) in [7, 11) is 0. The molecule has 4 aromatic rings. The lowest BCUT2D eigenvalue weighted by Gasteiger charge is -2.10. The first-order valence-electron chi connectivity index (χ1n) is 9.61. The molecule has 0 N–H and O–H groups in total. The number of nitrogens with zero attached hydrogens (tertiary/aromatic N) is 4. The van der Waals surface area contributed by atoms with Crippen molar-refractivity contribution in [2.24, 2.45) is 0 Å². The highest BCUT2D eigenvalue weighted by Crippen LogP contribution is 2.29. The molecular weight excluding hydrogens is 448 g/mol. The van der Waals surface area contributed by atoms with Gasteiger partial charge in [-0.2, -0.15) is 0 Å². The van der Waals surface area contributed by atoms with Gasteiger partial charge in [0.05, 0.1) is 10.7 Å². The average molecular weight is 465 g/mol. The Kier molecular flexibility index (Phi) is 6.34. The standard InChI is InChI=1S/C23H17ClN4O3S/c1-15-5-7-16(8-6-15)22-25-26-23(27(22)19-11-9-18(24)10-12-19)32-14-21(29)17-3-2-4-20(13-17)28(30)31/h2-13H,14H2,1H3. The van der Waals surface area contributed by atoms with Crippen LogP contribution in [0.5, 0.6) is 0 Å². The number of Topliss-reactive ketones (excluding diaryl/α,β-unsaturated/α-hetero) is 1. The molecule has 160 valence electrons. The lowest BCUT2D eigenvalue weighted by Crippen LogP contribution is -2.05. The molecule has 0 bridgehead atoms. The molecule has 0 unspecified atom stereocenters. The summed E-state index contributed by atoms with van der Waals surface area (Å²) < 4.78 is 1.87. The zero-order valence-electron chi connectivity index (χ0n) is 16.9. The quantitative estimate of drug-likeness (QED) is 0.149. The van der Waals surface area contributed by atoms with Gasteiger partial charge in [0, 0.05) is 34.0 Å². The molecule has 4 rings (SSSR count). The van der Waals surface area contributed by atoms with Crippen molar-refractivity contribution in [2.75, 3.05) is 5.75 Å². The largest absolute Gasteiger partial charge is 0.293 e. The smallest absolute Gasteiger partial charge is 0.270 e. The number of rotatable bonds is 7. The minimum absolute atomic E-state index is 0.0563. The molecule has 0 saturated heterocycles. The predicted molar refractivity (Wildman–Crippen MR) is 125 cm³/mol. The van der Waals surface area contributed by atoms with Crippen molar-refractivity contribution < 1.29 is 9.72 Å². The molecule has 0 fully saturated rings. The van der Waals surface area contributed by atoms with Crippen molar-refractivity contribution in [3.63, 3.8) is 0 Å². The van der Waals surface area contributed by atoms with Gasteiger partial charge in [-0.05, 0) is 31.2 Å². The van der Waals surface area contributed by atoms with Gasteiger partial charge in [0.25, 0.3) is 5.69 Å². The molecule has 1 aromatic heterocycles. The molecule has 0 aliphatic carbocycles. The van der Waals surface area contributed by atoms with Crippen molar-refractivity contribution in [1.82, 2.24) is 14.8 Å². The number of nitro benzene ring substituents is 1. The van der Waals surface area contributed by atoms with Gasteiger partial charge in [0.1, 0.15) is 0 Å². The van der Waals surface area contributed by atoms with Crippen molar-refractivity contribution in [3.05, 3.63) is 99.1 Å². The Morgan fingerprint density at radius 2 is 1.78 bits per heavy atom. The number of aryl methyl sites for hydroxylation is 1. The zero-order chi connectivity index (χ0) is 22.7. The first-order chi connectivity index (χ1) is 15.4. The zero-order valence-corrected chi connectivity index (χ0v) is 18.5. The number of hydrogen-bond donors (Lipinski definition) is 0. The Morgan fingerprint density at radius 3 is 2.47 bits per heavy atom. The lowest BCUT2D eigenvalue weighted by atomic mass is 10.1. The summed E-state index contributed by atoms with van der Waals surface area (Å²) in [4.78, 5) is 23.2. The van der Waals surface area contributed by atoms with E-state index < -0.39 is 4.92 Å². The number of carbonyl (C=O) groups excluding carboxylic acids is 1. The molecule has 0 spiro atoms. The third-order valence-corrected chi connectivity index (χ3v) is 5.92. The van der Waals surface area contributed by atoms with Gasteiger partial charge < -0.3 is 0 Å². The Labute approximate surface area is 193 Å². The van der Waals surface area contributed by atoms with Crippen LogP contribution >= 0.6 is 23.4 Å². The van der Waals surface area contributed by atoms with Gasteiger partial charge >= 0.3 is 0 Å². The highest BCUT2D eigenvalue weighted by atomic mass is 35.5. The van der Waals surface area contributed by atoms with Gasteiger partial charge in [0.2, 0.25) is 0 Å². The van der Waals surface area contributed by atoms with Crippen molar-refractivity contribution in [2.45, 2.75) is 12.1 Å². The third kappa shape index (κ3) is 4.71. The van der Waals surface area contributed by atoms with E-state index in [4.69, 9.17) is 11.6 Å². The molecule has 0 aliphatic heterocycles. The van der Waals surface area contributed by atoms with Crippen LogP contribution in [0.4, 0.5) is 5.69 Å². The number of benzene rings is 3. The molecule has 1 heterocycles. The van der Waals surface area contributed by atoms with Crippen LogP contribution < -0.4 is 0 Å². The topological polar surface area (TPSA) is 90.9 Å². The molecule has 0 atom stereocenters. The van der Waals surface area contributed by atoms with Crippen molar-refractivity contribution in [3.8, 4) is 17.1 Å². The van der Waals surface area contributed by atoms with Crippen LogP contribution in [0.1, 0.15) is 15.9 Å². The minimum atomic E-state index is -0.519. The lowest BCUT2D eigenvalue weighted by molar-refractivity contribution is -0.384. The van der Waals surface area contributed by atoms with Gasteiger partial charge in [-0.25, -0.2) is 0 Å². The summed E-state index contributed by atoms with van der Waals surface area (Å²) in [6.45, 7) is 2.01. The summed E-state index contributed by atoms with van der Waals surface area (Å²) in [6.07, 6.45) is 0. The summed E-state index contributed by atoms with van der Waals surface area (Å²) in [6, 6.07) is 20.9. The minimum Gasteiger partial charge on any atom is -0.293 e. The van der Waals surface area contributed by atoms with E-state index in [9.17, 15) is 14.9 Å². The SMILES string of the molecule is Cc1ccc(-c2nnc(SCC(=O)c3cccc([N+](=O)[O-])c3)n2-c2ccc(Cl)cc2)cc1. The number of non-ortho nitro benzene ring substituents is 1. The van der Waals surface area contributed by atoms with Crippen LogP contribution in [0.3, 0.4) is 0 Å². The fourth-order valence-corrected chi connectivity index (χ4v) is 4.05. The predicted octanol–water partition coefficient (Wildman–Crippen LogP) is 5.78. The molecule has 32 heavy (non-hydrogen) atoms. The Balaban J connectivity index is 1.66. The van der Waals surface area contributed by atoms with Crippen LogP contribution in [0.25, 0.3) is 17.1 Å².